The van der Waals surface area contributed by atoms with Gasteiger partial charge in [-0.2, -0.15) is 4.31 Å². The molecule has 0 aliphatic carbocycles. The predicted molar refractivity (Wildman–Crippen MR) is 95.5 cm³/mol. The number of hydrogen-bond donors (Lipinski definition) is 0. The summed E-state index contributed by atoms with van der Waals surface area (Å²) in [6, 6.07) is 8.07. The van der Waals surface area contributed by atoms with Crippen LogP contribution in [0, 0.1) is 6.92 Å². The molecule has 1 saturated heterocycles. The van der Waals surface area contributed by atoms with E-state index in [-0.39, 0.29) is 0 Å². The highest BCUT2D eigenvalue weighted by molar-refractivity contribution is 7.89. The maximum Gasteiger partial charge on any atom is 0.245 e. The van der Waals surface area contributed by atoms with Gasteiger partial charge in [-0.1, -0.05) is 30.4 Å². The second kappa shape index (κ2) is 5.72. The van der Waals surface area contributed by atoms with Gasteiger partial charge in [0.1, 0.15) is 4.90 Å². The summed E-state index contributed by atoms with van der Waals surface area (Å²) in [5.74, 6) is 0. The fourth-order valence-corrected chi connectivity index (χ4v) is 5.89. The number of para-hydroxylation sites is 1. The third-order valence-electron chi connectivity index (χ3n) is 5.43. The number of aryl methyl sites for hydroxylation is 1. The molecule has 0 spiro atoms. The second-order valence-corrected chi connectivity index (χ2v) is 8.60. The fraction of sp³-hybridized carbons (Fsp3) is 0.444. The van der Waals surface area contributed by atoms with Crippen LogP contribution in [-0.2, 0) is 17.1 Å². The van der Waals surface area contributed by atoms with E-state index >= 15 is 0 Å². The first-order valence-corrected chi connectivity index (χ1v) is 9.87. The Morgan fingerprint density at radius 1 is 1.12 bits per heavy atom. The van der Waals surface area contributed by atoms with Gasteiger partial charge in [-0.05, 0) is 19.4 Å². The van der Waals surface area contributed by atoms with Crippen LogP contribution in [0.1, 0.15) is 12.1 Å². The molecule has 1 aromatic heterocycles. The van der Waals surface area contributed by atoms with Crippen molar-refractivity contribution in [3.63, 3.8) is 0 Å². The summed E-state index contributed by atoms with van der Waals surface area (Å²) in [5, 5.41) is 0.823. The first-order chi connectivity index (χ1) is 11.5. The monoisotopic (exact) mass is 345 g/mol. The molecule has 0 bridgehead atoms. The van der Waals surface area contributed by atoms with E-state index < -0.39 is 10.0 Å². The molecule has 2 aromatic rings. The van der Waals surface area contributed by atoms with E-state index in [4.69, 9.17) is 0 Å². The van der Waals surface area contributed by atoms with Crippen LogP contribution in [0.2, 0.25) is 0 Å². The van der Waals surface area contributed by atoms with E-state index in [1.54, 1.807) is 4.31 Å². The number of sulfonamides is 1. The van der Waals surface area contributed by atoms with Crippen molar-refractivity contribution < 1.29 is 8.42 Å². The van der Waals surface area contributed by atoms with Gasteiger partial charge in [0.05, 0.1) is 0 Å². The molecule has 6 heteroatoms. The van der Waals surface area contributed by atoms with Crippen LogP contribution >= 0.6 is 0 Å². The molecule has 4 rings (SSSR count). The van der Waals surface area contributed by atoms with E-state index in [0.717, 1.165) is 36.1 Å². The normalized spacial score (nSPS) is 22.8. The van der Waals surface area contributed by atoms with Crippen molar-refractivity contribution in [2.45, 2.75) is 24.3 Å². The smallest absolute Gasteiger partial charge is 0.245 e. The Labute approximate surface area is 143 Å². The minimum absolute atomic E-state index is 0.324. The molecule has 0 unspecified atom stereocenters. The Hall–Kier alpha value is -1.63. The van der Waals surface area contributed by atoms with E-state index in [2.05, 4.69) is 17.1 Å². The van der Waals surface area contributed by atoms with Gasteiger partial charge in [-0.3, -0.25) is 4.90 Å². The molecule has 2 aliphatic heterocycles. The topological polar surface area (TPSA) is 45.6 Å². The summed E-state index contributed by atoms with van der Waals surface area (Å²) in [5.41, 5.74) is 1.77. The zero-order valence-electron chi connectivity index (χ0n) is 14.1. The second-order valence-electron chi connectivity index (χ2n) is 6.72. The van der Waals surface area contributed by atoms with Crippen LogP contribution in [0.15, 0.2) is 41.3 Å². The highest BCUT2D eigenvalue weighted by atomic mass is 32.2. The number of fused-ring (bicyclic) bond motifs is 1. The number of nitrogens with zero attached hydrogens (tertiary/aromatic N) is 3. The van der Waals surface area contributed by atoms with E-state index in [1.807, 2.05) is 42.8 Å². The van der Waals surface area contributed by atoms with Gasteiger partial charge < -0.3 is 4.57 Å². The first-order valence-electron chi connectivity index (χ1n) is 8.43. The molecule has 5 nitrogen and oxygen atoms in total. The maximum absolute atomic E-state index is 13.3. The molecular formula is C18H23N3O2S. The average Bonchev–Trinajstić information content (AvgIpc) is 3.28. The summed E-state index contributed by atoms with van der Waals surface area (Å²) in [6.45, 7) is 4.96. The molecule has 3 heterocycles. The molecule has 1 aromatic carbocycles. The predicted octanol–water partition coefficient (Wildman–Crippen LogP) is 2.12. The lowest BCUT2D eigenvalue weighted by Gasteiger charge is -2.23. The maximum atomic E-state index is 13.3. The van der Waals surface area contributed by atoms with Crippen molar-refractivity contribution in [2.24, 2.45) is 7.05 Å². The number of aromatic nitrogens is 1. The minimum atomic E-state index is -3.47. The highest BCUT2D eigenvalue weighted by Crippen LogP contribution is 2.33. The van der Waals surface area contributed by atoms with Crippen LogP contribution in [0.4, 0.5) is 0 Å². The Bertz CT molecular complexity index is 906. The van der Waals surface area contributed by atoms with Crippen LogP contribution < -0.4 is 0 Å². The molecule has 1 fully saturated rings. The standard InChI is InChI=1S/C18H23N3O2S/c1-14-18(16-7-3-4-8-17(16)19(14)2)24(22,23)21-12-9-15(13-21)20-10-5-6-11-20/h3-8,15H,9-13H2,1-2H3/t15-/m0/s1. The van der Waals surface area contributed by atoms with Crippen LogP contribution in [0.5, 0.6) is 0 Å². The Morgan fingerprint density at radius 3 is 2.58 bits per heavy atom. The lowest BCUT2D eigenvalue weighted by molar-refractivity contribution is 0.261. The lowest BCUT2D eigenvalue weighted by atomic mass is 10.2. The quantitative estimate of drug-likeness (QED) is 0.801. The Kier molecular flexibility index (Phi) is 3.78. The fourth-order valence-electron chi connectivity index (χ4n) is 3.96. The SMILES string of the molecule is Cc1c(S(=O)(=O)N2CC[C@H](N3CC=CC3)C2)c2ccccc2n1C. The molecule has 2 aliphatic rings. The summed E-state index contributed by atoms with van der Waals surface area (Å²) in [6.07, 6.45) is 5.22. The average molecular weight is 345 g/mol. The largest absolute Gasteiger partial charge is 0.347 e. The van der Waals surface area contributed by atoms with Gasteiger partial charge in [0, 0.05) is 55.9 Å². The van der Waals surface area contributed by atoms with E-state index in [1.165, 1.54) is 0 Å². The molecule has 0 radical (unpaired) electrons. The molecular weight excluding hydrogens is 322 g/mol. The van der Waals surface area contributed by atoms with Gasteiger partial charge in [0.25, 0.3) is 0 Å². The molecule has 0 amide bonds. The Morgan fingerprint density at radius 2 is 1.83 bits per heavy atom. The van der Waals surface area contributed by atoms with E-state index in [9.17, 15) is 8.42 Å². The Balaban J connectivity index is 1.70. The minimum Gasteiger partial charge on any atom is -0.347 e. The number of hydrogen-bond acceptors (Lipinski definition) is 3. The van der Waals surface area contributed by atoms with Gasteiger partial charge in [0.2, 0.25) is 10.0 Å². The van der Waals surface area contributed by atoms with Crippen molar-refractivity contribution in [1.82, 2.24) is 13.8 Å². The number of benzene rings is 1. The summed E-state index contributed by atoms with van der Waals surface area (Å²) >= 11 is 0. The molecule has 128 valence electrons. The van der Waals surface area contributed by atoms with Crippen molar-refractivity contribution in [3.05, 3.63) is 42.1 Å². The van der Waals surface area contributed by atoms with Gasteiger partial charge in [-0.15, -0.1) is 0 Å². The van der Waals surface area contributed by atoms with E-state index in [0.29, 0.717) is 24.0 Å². The van der Waals surface area contributed by atoms with Crippen LogP contribution in [0.3, 0.4) is 0 Å². The molecule has 1 atom stereocenters. The van der Waals surface area contributed by atoms with Crippen molar-refractivity contribution in [1.29, 1.82) is 0 Å². The third-order valence-corrected chi connectivity index (χ3v) is 7.47. The van der Waals surface area contributed by atoms with Crippen LogP contribution in [0.25, 0.3) is 10.9 Å². The van der Waals surface area contributed by atoms with Gasteiger partial charge in [-0.25, -0.2) is 8.42 Å². The summed E-state index contributed by atoms with van der Waals surface area (Å²) in [7, 11) is -1.54. The first kappa shape index (κ1) is 15.9. The third kappa shape index (κ3) is 2.32. The number of rotatable bonds is 3. The highest BCUT2D eigenvalue weighted by Gasteiger charge is 2.37. The van der Waals surface area contributed by atoms with Gasteiger partial charge in [0.15, 0.2) is 0 Å². The van der Waals surface area contributed by atoms with Crippen molar-refractivity contribution in [2.75, 3.05) is 26.2 Å². The summed E-state index contributed by atoms with van der Waals surface area (Å²) < 4.78 is 30.3. The molecule has 0 saturated carbocycles. The summed E-state index contributed by atoms with van der Waals surface area (Å²) in [4.78, 5) is 2.83. The molecule has 0 N–H and O–H groups in total. The van der Waals surface area contributed by atoms with Crippen molar-refractivity contribution in [3.8, 4) is 0 Å². The zero-order valence-corrected chi connectivity index (χ0v) is 15.0. The van der Waals surface area contributed by atoms with Gasteiger partial charge >= 0.3 is 0 Å². The lowest BCUT2D eigenvalue weighted by Crippen LogP contribution is -2.37. The van der Waals surface area contributed by atoms with Crippen LogP contribution in [-0.4, -0.2) is 54.4 Å². The molecule has 24 heavy (non-hydrogen) atoms. The zero-order chi connectivity index (χ0) is 16.9. The van der Waals surface area contributed by atoms with Crippen molar-refractivity contribution >= 4 is 20.9 Å².